The van der Waals surface area contributed by atoms with E-state index in [1.807, 2.05) is 12.1 Å². The summed E-state index contributed by atoms with van der Waals surface area (Å²) >= 11 is 0. The van der Waals surface area contributed by atoms with Gasteiger partial charge in [0.1, 0.15) is 0 Å². The summed E-state index contributed by atoms with van der Waals surface area (Å²) in [5, 5.41) is 3.42. The highest BCUT2D eigenvalue weighted by atomic mass is 32.2. The molecule has 1 fully saturated rings. The molecule has 0 radical (unpaired) electrons. The van der Waals surface area contributed by atoms with E-state index in [2.05, 4.69) is 5.32 Å². The summed E-state index contributed by atoms with van der Waals surface area (Å²) in [5.74, 6) is -0.428. The Morgan fingerprint density at radius 1 is 1.29 bits per heavy atom. The molecule has 0 bridgehead atoms. The smallest absolute Gasteiger partial charge is 0.248 e. The van der Waals surface area contributed by atoms with E-state index >= 15 is 0 Å². The number of nitrogens with one attached hydrogen (secondary N) is 1. The highest BCUT2D eigenvalue weighted by Gasteiger charge is 2.24. The monoisotopic (exact) mass is 311 g/mol. The molecule has 1 aliphatic rings. The molecule has 3 N–H and O–H groups in total. The largest absolute Gasteiger partial charge is 0.366 e. The van der Waals surface area contributed by atoms with Crippen molar-refractivity contribution in [2.45, 2.75) is 25.4 Å². The summed E-state index contributed by atoms with van der Waals surface area (Å²) in [7, 11) is -3.07. The van der Waals surface area contributed by atoms with E-state index in [9.17, 15) is 13.2 Å². The Kier molecular flexibility index (Phi) is 4.97. The fourth-order valence-electron chi connectivity index (χ4n) is 2.44. The van der Waals surface area contributed by atoms with E-state index in [1.165, 1.54) is 10.6 Å². The second-order valence-corrected chi connectivity index (χ2v) is 7.36. The van der Waals surface area contributed by atoms with Crippen LogP contribution in [-0.2, 0) is 16.6 Å². The molecule has 1 saturated heterocycles. The highest BCUT2D eigenvalue weighted by molar-refractivity contribution is 7.88. The maximum Gasteiger partial charge on any atom is 0.248 e. The lowest BCUT2D eigenvalue weighted by Crippen LogP contribution is -2.44. The van der Waals surface area contributed by atoms with E-state index < -0.39 is 15.9 Å². The number of amides is 1. The molecule has 1 aromatic rings. The van der Waals surface area contributed by atoms with Crippen LogP contribution in [0, 0.1) is 0 Å². The van der Waals surface area contributed by atoms with Gasteiger partial charge in [-0.15, -0.1) is 0 Å². The van der Waals surface area contributed by atoms with Crippen molar-refractivity contribution >= 4 is 15.9 Å². The van der Waals surface area contributed by atoms with Crippen LogP contribution in [0.4, 0.5) is 0 Å². The highest BCUT2D eigenvalue weighted by Crippen LogP contribution is 2.14. The van der Waals surface area contributed by atoms with E-state index in [-0.39, 0.29) is 0 Å². The van der Waals surface area contributed by atoms with Gasteiger partial charge in [0, 0.05) is 31.2 Å². The molecule has 0 atom stereocenters. The van der Waals surface area contributed by atoms with Crippen LogP contribution in [0.25, 0.3) is 0 Å². The second-order valence-electron chi connectivity index (χ2n) is 5.38. The number of nitrogens with zero attached hydrogens (tertiary/aromatic N) is 1. The van der Waals surface area contributed by atoms with Crippen molar-refractivity contribution in [2.75, 3.05) is 19.3 Å². The Hall–Kier alpha value is -1.44. The topological polar surface area (TPSA) is 92.5 Å². The molecular formula is C14H21N3O3S. The number of sulfonamides is 1. The SMILES string of the molecule is CS(=O)(=O)N1CCC(NCc2ccc(C(N)=O)cc2)CC1. The molecule has 0 saturated carbocycles. The Morgan fingerprint density at radius 3 is 2.33 bits per heavy atom. The van der Waals surface area contributed by atoms with Crippen LogP contribution in [0.15, 0.2) is 24.3 Å². The number of benzene rings is 1. The summed E-state index contributed by atoms with van der Waals surface area (Å²) in [5.41, 5.74) is 6.77. The lowest BCUT2D eigenvalue weighted by Gasteiger charge is -2.30. The molecule has 0 aliphatic carbocycles. The van der Waals surface area contributed by atoms with Crippen LogP contribution in [0.5, 0.6) is 0 Å². The van der Waals surface area contributed by atoms with Gasteiger partial charge in [-0.1, -0.05) is 12.1 Å². The summed E-state index contributed by atoms with van der Waals surface area (Å²) in [6, 6.07) is 7.49. The molecule has 1 heterocycles. The van der Waals surface area contributed by atoms with Gasteiger partial charge in [-0.05, 0) is 30.5 Å². The van der Waals surface area contributed by atoms with Gasteiger partial charge in [0.25, 0.3) is 0 Å². The Balaban J connectivity index is 1.81. The molecule has 116 valence electrons. The summed E-state index contributed by atoms with van der Waals surface area (Å²) in [4.78, 5) is 11.0. The predicted molar refractivity (Wildman–Crippen MR) is 81.2 cm³/mol. The molecule has 2 rings (SSSR count). The third kappa shape index (κ3) is 4.52. The van der Waals surface area contributed by atoms with E-state index in [0.29, 0.717) is 31.2 Å². The molecular weight excluding hydrogens is 290 g/mol. The van der Waals surface area contributed by atoms with Gasteiger partial charge >= 0.3 is 0 Å². The van der Waals surface area contributed by atoms with Gasteiger partial charge in [0.05, 0.1) is 6.26 Å². The first kappa shape index (κ1) is 15.9. The van der Waals surface area contributed by atoms with E-state index in [0.717, 1.165) is 18.4 Å². The molecule has 0 spiro atoms. The molecule has 1 amide bonds. The lowest BCUT2D eigenvalue weighted by molar-refractivity contribution is 0.1000. The average molecular weight is 311 g/mol. The van der Waals surface area contributed by atoms with Gasteiger partial charge in [-0.25, -0.2) is 12.7 Å². The van der Waals surface area contributed by atoms with Crippen molar-refractivity contribution in [3.8, 4) is 0 Å². The lowest BCUT2D eigenvalue weighted by atomic mass is 10.1. The summed E-state index contributed by atoms with van der Waals surface area (Å²) in [6.07, 6.45) is 2.87. The van der Waals surface area contributed by atoms with Gasteiger partial charge < -0.3 is 11.1 Å². The second kappa shape index (κ2) is 6.55. The van der Waals surface area contributed by atoms with Crippen molar-refractivity contribution in [2.24, 2.45) is 5.73 Å². The van der Waals surface area contributed by atoms with Gasteiger partial charge in [-0.3, -0.25) is 4.79 Å². The summed E-state index contributed by atoms with van der Waals surface area (Å²) < 4.78 is 24.4. The number of hydrogen-bond donors (Lipinski definition) is 2. The first-order chi connectivity index (χ1) is 9.86. The maximum atomic E-state index is 11.4. The fourth-order valence-corrected chi connectivity index (χ4v) is 3.31. The zero-order chi connectivity index (χ0) is 15.5. The number of carbonyl (C=O) groups excluding carboxylic acids is 1. The number of carbonyl (C=O) groups is 1. The molecule has 1 aromatic carbocycles. The summed E-state index contributed by atoms with van der Waals surface area (Å²) in [6.45, 7) is 1.83. The standard InChI is InChI=1S/C14H21N3O3S/c1-21(19,20)17-8-6-13(7-9-17)16-10-11-2-4-12(5-3-11)14(15)18/h2-5,13,16H,6-10H2,1H3,(H2,15,18). The van der Waals surface area contributed by atoms with Crippen molar-refractivity contribution in [1.29, 1.82) is 0 Å². The Bertz CT molecular complexity index is 590. The molecule has 6 nitrogen and oxygen atoms in total. The average Bonchev–Trinajstić information content (AvgIpc) is 2.45. The quantitative estimate of drug-likeness (QED) is 0.818. The van der Waals surface area contributed by atoms with Crippen LogP contribution in [0.2, 0.25) is 0 Å². The molecule has 1 aliphatic heterocycles. The third-order valence-electron chi connectivity index (χ3n) is 3.76. The predicted octanol–water partition coefficient (Wildman–Crippen LogP) is 0.299. The number of primary amides is 1. The molecule has 21 heavy (non-hydrogen) atoms. The van der Waals surface area contributed by atoms with Crippen LogP contribution in [0.1, 0.15) is 28.8 Å². The van der Waals surface area contributed by atoms with Crippen molar-refractivity contribution < 1.29 is 13.2 Å². The van der Waals surface area contributed by atoms with Gasteiger partial charge in [0.15, 0.2) is 0 Å². The Morgan fingerprint density at radius 2 is 1.86 bits per heavy atom. The van der Waals surface area contributed by atoms with Gasteiger partial charge in [-0.2, -0.15) is 0 Å². The van der Waals surface area contributed by atoms with Crippen molar-refractivity contribution in [3.05, 3.63) is 35.4 Å². The van der Waals surface area contributed by atoms with Crippen molar-refractivity contribution in [3.63, 3.8) is 0 Å². The number of nitrogens with two attached hydrogens (primary N) is 1. The van der Waals surface area contributed by atoms with E-state index in [4.69, 9.17) is 5.73 Å². The number of hydrogen-bond acceptors (Lipinski definition) is 4. The number of piperidine rings is 1. The van der Waals surface area contributed by atoms with Crippen LogP contribution in [-0.4, -0.2) is 44.0 Å². The van der Waals surface area contributed by atoms with E-state index in [1.54, 1.807) is 12.1 Å². The first-order valence-corrected chi connectivity index (χ1v) is 8.78. The Labute approximate surface area is 125 Å². The van der Waals surface area contributed by atoms with Crippen LogP contribution in [0.3, 0.4) is 0 Å². The van der Waals surface area contributed by atoms with Gasteiger partial charge in [0.2, 0.25) is 15.9 Å². The first-order valence-electron chi connectivity index (χ1n) is 6.93. The molecule has 7 heteroatoms. The normalized spacial score (nSPS) is 17.8. The zero-order valence-corrected chi connectivity index (χ0v) is 12.9. The zero-order valence-electron chi connectivity index (χ0n) is 12.1. The number of rotatable bonds is 5. The fraction of sp³-hybridized carbons (Fsp3) is 0.500. The minimum atomic E-state index is -3.07. The third-order valence-corrected chi connectivity index (χ3v) is 5.06. The van der Waals surface area contributed by atoms with Crippen molar-refractivity contribution in [1.82, 2.24) is 9.62 Å². The molecule has 0 aromatic heterocycles. The van der Waals surface area contributed by atoms with Crippen LogP contribution < -0.4 is 11.1 Å². The minimum Gasteiger partial charge on any atom is -0.366 e. The minimum absolute atomic E-state index is 0.318. The molecule has 0 unspecified atom stereocenters. The maximum absolute atomic E-state index is 11.4. The van der Waals surface area contributed by atoms with Crippen LogP contribution >= 0.6 is 0 Å².